The lowest BCUT2D eigenvalue weighted by Crippen LogP contribution is -2.17. The Hall–Kier alpha value is -1.13. The molecular formula is C21H34O4. The number of aliphatic carboxylic acids is 1. The first-order chi connectivity index (χ1) is 12.0. The molecule has 0 bridgehead atoms. The summed E-state index contributed by atoms with van der Waals surface area (Å²) in [6.07, 6.45) is 14.3. The molecule has 25 heavy (non-hydrogen) atoms. The first-order valence-corrected chi connectivity index (χ1v) is 9.95. The van der Waals surface area contributed by atoms with Gasteiger partial charge in [-0.05, 0) is 50.4 Å². The Bertz CT molecular complexity index is 482. The number of hydrogen-bond donors (Lipinski definition) is 3. The van der Waals surface area contributed by atoms with Crippen LogP contribution < -0.4 is 0 Å². The molecule has 2 rings (SSSR count). The van der Waals surface area contributed by atoms with E-state index in [1.165, 1.54) is 5.57 Å². The predicted octanol–water partition coefficient (Wildman–Crippen LogP) is 4.07. The summed E-state index contributed by atoms with van der Waals surface area (Å²) in [5.41, 5.74) is 1.43. The van der Waals surface area contributed by atoms with Gasteiger partial charge in [0.25, 0.3) is 0 Å². The fourth-order valence-corrected chi connectivity index (χ4v) is 4.46. The average Bonchev–Trinajstić information content (AvgIpc) is 3.06. The van der Waals surface area contributed by atoms with Gasteiger partial charge in [-0.3, -0.25) is 4.79 Å². The van der Waals surface area contributed by atoms with Crippen molar-refractivity contribution in [3.63, 3.8) is 0 Å². The lowest BCUT2D eigenvalue weighted by atomic mass is 9.90. The highest BCUT2D eigenvalue weighted by Gasteiger charge is 2.44. The van der Waals surface area contributed by atoms with E-state index >= 15 is 0 Å². The second-order valence-electron chi connectivity index (χ2n) is 7.81. The van der Waals surface area contributed by atoms with Crippen molar-refractivity contribution in [1.82, 2.24) is 0 Å². The van der Waals surface area contributed by atoms with Crippen LogP contribution in [-0.4, -0.2) is 33.5 Å². The van der Waals surface area contributed by atoms with E-state index in [1.54, 1.807) is 0 Å². The standard InChI is InChI=1S/C21H34O4/c1-2-3-4-8-17(22)10-11-18-19-13-15(7-5-6-9-21(24)25)12-16(19)14-20(18)23/h7,10-11,16-20,22-23H,2-6,8-9,12-14H2,1H3,(H,24,25)/b11-10+,15-7+. The summed E-state index contributed by atoms with van der Waals surface area (Å²) in [7, 11) is 0. The summed E-state index contributed by atoms with van der Waals surface area (Å²) in [5.74, 6) is 0.427. The monoisotopic (exact) mass is 350 g/mol. The molecule has 0 spiro atoms. The molecule has 142 valence electrons. The number of carboxylic acids is 1. The van der Waals surface area contributed by atoms with Crippen LogP contribution >= 0.6 is 0 Å². The zero-order valence-corrected chi connectivity index (χ0v) is 15.4. The van der Waals surface area contributed by atoms with E-state index in [0.717, 1.165) is 51.4 Å². The summed E-state index contributed by atoms with van der Waals surface area (Å²) < 4.78 is 0. The molecule has 0 aliphatic heterocycles. The summed E-state index contributed by atoms with van der Waals surface area (Å²) in [6.45, 7) is 2.16. The van der Waals surface area contributed by atoms with E-state index in [1.807, 2.05) is 6.08 Å². The molecule has 5 unspecified atom stereocenters. The Morgan fingerprint density at radius 3 is 2.80 bits per heavy atom. The van der Waals surface area contributed by atoms with Gasteiger partial charge in [0.05, 0.1) is 12.2 Å². The van der Waals surface area contributed by atoms with Gasteiger partial charge >= 0.3 is 5.97 Å². The largest absolute Gasteiger partial charge is 0.481 e. The van der Waals surface area contributed by atoms with Crippen molar-refractivity contribution in [3.05, 3.63) is 23.8 Å². The van der Waals surface area contributed by atoms with Gasteiger partial charge in [0.2, 0.25) is 0 Å². The molecular weight excluding hydrogens is 316 g/mol. The van der Waals surface area contributed by atoms with Crippen LogP contribution in [0.3, 0.4) is 0 Å². The van der Waals surface area contributed by atoms with Crippen LogP contribution in [0.25, 0.3) is 0 Å². The number of unbranched alkanes of at least 4 members (excludes halogenated alkanes) is 3. The minimum Gasteiger partial charge on any atom is -0.481 e. The molecule has 0 radical (unpaired) electrons. The predicted molar refractivity (Wildman–Crippen MR) is 99.2 cm³/mol. The highest BCUT2D eigenvalue weighted by Crippen LogP contribution is 2.50. The van der Waals surface area contributed by atoms with Gasteiger partial charge in [0, 0.05) is 12.3 Å². The molecule has 0 aromatic heterocycles. The lowest BCUT2D eigenvalue weighted by Gasteiger charge is -2.17. The number of rotatable bonds is 10. The number of allylic oxidation sites excluding steroid dienone is 2. The van der Waals surface area contributed by atoms with Crippen LogP contribution in [-0.2, 0) is 4.79 Å². The summed E-state index contributed by atoms with van der Waals surface area (Å²) >= 11 is 0. The van der Waals surface area contributed by atoms with Crippen molar-refractivity contribution in [2.45, 2.75) is 83.3 Å². The molecule has 0 aromatic carbocycles. The van der Waals surface area contributed by atoms with E-state index in [-0.39, 0.29) is 18.4 Å². The molecule has 0 aromatic rings. The second kappa shape index (κ2) is 10.1. The lowest BCUT2D eigenvalue weighted by molar-refractivity contribution is -0.137. The smallest absolute Gasteiger partial charge is 0.303 e. The van der Waals surface area contributed by atoms with E-state index in [0.29, 0.717) is 18.3 Å². The number of hydrogen-bond acceptors (Lipinski definition) is 3. The SMILES string of the molecule is CCCCCC(O)/C=C/C1C(O)CC2C/C(=C\CCCC(=O)O)CC21. The normalized spacial score (nSPS) is 31.7. The van der Waals surface area contributed by atoms with Crippen molar-refractivity contribution in [2.24, 2.45) is 17.8 Å². The minimum absolute atomic E-state index is 0.149. The third kappa shape index (κ3) is 6.27. The maximum absolute atomic E-state index is 10.6. The molecule has 4 nitrogen and oxygen atoms in total. The Morgan fingerprint density at radius 2 is 2.08 bits per heavy atom. The number of fused-ring (bicyclic) bond motifs is 1. The zero-order chi connectivity index (χ0) is 18.2. The molecule has 2 saturated carbocycles. The third-order valence-corrected chi connectivity index (χ3v) is 5.80. The molecule has 5 atom stereocenters. The molecule has 0 amide bonds. The van der Waals surface area contributed by atoms with Crippen molar-refractivity contribution in [2.75, 3.05) is 0 Å². The van der Waals surface area contributed by atoms with Crippen LogP contribution in [0.2, 0.25) is 0 Å². The highest BCUT2D eigenvalue weighted by molar-refractivity contribution is 5.66. The summed E-state index contributed by atoms with van der Waals surface area (Å²) in [5, 5.41) is 29.1. The van der Waals surface area contributed by atoms with Crippen LogP contribution in [0.1, 0.15) is 71.1 Å². The molecule has 3 N–H and O–H groups in total. The highest BCUT2D eigenvalue weighted by atomic mass is 16.4. The van der Waals surface area contributed by atoms with E-state index in [9.17, 15) is 15.0 Å². The maximum Gasteiger partial charge on any atom is 0.303 e. The van der Waals surface area contributed by atoms with Crippen LogP contribution in [0.5, 0.6) is 0 Å². The van der Waals surface area contributed by atoms with E-state index in [4.69, 9.17) is 5.11 Å². The minimum atomic E-state index is -0.729. The van der Waals surface area contributed by atoms with Crippen LogP contribution in [0, 0.1) is 17.8 Å². The van der Waals surface area contributed by atoms with Gasteiger partial charge in [0.15, 0.2) is 0 Å². The second-order valence-corrected chi connectivity index (χ2v) is 7.81. The fourth-order valence-electron chi connectivity index (χ4n) is 4.46. The summed E-state index contributed by atoms with van der Waals surface area (Å²) in [6, 6.07) is 0. The Labute approximate surface area is 151 Å². The van der Waals surface area contributed by atoms with Gasteiger partial charge in [-0.1, -0.05) is 50.0 Å². The zero-order valence-electron chi connectivity index (χ0n) is 15.4. The number of aliphatic hydroxyl groups excluding tert-OH is 2. The Balaban J connectivity index is 1.83. The number of carboxylic acid groups (broad SMARTS) is 1. The van der Waals surface area contributed by atoms with E-state index < -0.39 is 12.1 Å². The van der Waals surface area contributed by atoms with Gasteiger partial charge in [-0.15, -0.1) is 0 Å². The maximum atomic E-state index is 10.6. The van der Waals surface area contributed by atoms with Crippen LogP contribution in [0.4, 0.5) is 0 Å². The van der Waals surface area contributed by atoms with Gasteiger partial charge < -0.3 is 15.3 Å². The molecule has 2 fully saturated rings. The molecule has 0 heterocycles. The first kappa shape index (κ1) is 20.2. The van der Waals surface area contributed by atoms with Crippen LogP contribution in [0.15, 0.2) is 23.8 Å². The van der Waals surface area contributed by atoms with Crippen molar-refractivity contribution in [1.29, 1.82) is 0 Å². The van der Waals surface area contributed by atoms with Gasteiger partial charge in [-0.25, -0.2) is 0 Å². The quantitative estimate of drug-likeness (QED) is 0.410. The number of carbonyl (C=O) groups is 1. The van der Waals surface area contributed by atoms with Gasteiger partial charge in [-0.2, -0.15) is 0 Å². The summed E-state index contributed by atoms with van der Waals surface area (Å²) in [4.78, 5) is 10.6. The Kier molecular flexibility index (Phi) is 8.17. The Morgan fingerprint density at radius 1 is 1.28 bits per heavy atom. The molecule has 4 heteroatoms. The third-order valence-electron chi connectivity index (χ3n) is 5.80. The molecule has 2 aliphatic carbocycles. The van der Waals surface area contributed by atoms with Gasteiger partial charge in [0.1, 0.15) is 0 Å². The number of aliphatic hydroxyl groups is 2. The molecule has 2 aliphatic rings. The van der Waals surface area contributed by atoms with E-state index in [2.05, 4.69) is 19.1 Å². The van der Waals surface area contributed by atoms with Crippen molar-refractivity contribution in [3.8, 4) is 0 Å². The molecule has 0 saturated heterocycles. The van der Waals surface area contributed by atoms with Crippen molar-refractivity contribution >= 4 is 5.97 Å². The first-order valence-electron chi connectivity index (χ1n) is 9.95. The topological polar surface area (TPSA) is 77.8 Å². The average molecular weight is 350 g/mol. The fraction of sp³-hybridized carbons (Fsp3) is 0.762. The van der Waals surface area contributed by atoms with Crippen molar-refractivity contribution < 1.29 is 20.1 Å².